The second kappa shape index (κ2) is 5.14. The first-order valence-electron chi connectivity index (χ1n) is 6.73. The molecule has 0 atom stereocenters. The van der Waals surface area contributed by atoms with Crippen LogP contribution < -0.4 is 10.2 Å². The Labute approximate surface area is 125 Å². The molecule has 112 valence electrons. The number of benzene rings is 2. The number of phenolic OH excluding ortho intramolecular Hbond substituents is 1. The van der Waals surface area contributed by atoms with E-state index in [0.717, 1.165) is 0 Å². The van der Waals surface area contributed by atoms with E-state index in [0.29, 0.717) is 11.1 Å². The van der Waals surface area contributed by atoms with E-state index in [-0.39, 0.29) is 34.3 Å². The molecular formula is C16H13NO5. The standard InChI is InChI=1S/C16H13NO5/c1-8(2)16(20)22-14-7-10(19)6-13-15(14)17-11-4-3-9(18)5-12(11)21-13/h3-8,18H,1-2H3. The number of aromatic nitrogens is 1. The predicted molar refractivity (Wildman–Crippen MR) is 79.0 cm³/mol. The SMILES string of the molecule is CC(C)C(=O)Oc1cc(=O)cc2oc3cc(O)ccc3nc1-2. The van der Waals surface area contributed by atoms with Crippen molar-refractivity contribution in [2.24, 2.45) is 5.92 Å². The van der Waals surface area contributed by atoms with Gasteiger partial charge in [0.05, 0.1) is 5.92 Å². The van der Waals surface area contributed by atoms with Crippen LogP contribution in [0, 0.1) is 5.92 Å². The average molecular weight is 299 g/mol. The molecule has 0 saturated carbocycles. The number of phenols is 1. The van der Waals surface area contributed by atoms with E-state index in [9.17, 15) is 14.7 Å². The quantitative estimate of drug-likeness (QED) is 0.444. The van der Waals surface area contributed by atoms with Crippen molar-refractivity contribution < 1.29 is 19.1 Å². The van der Waals surface area contributed by atoms with Gasteiger partial charge >= 0.3 is 5.97 Å². The smallest absolute Gasteiger partial charge is 0.313 e. The highest BCUT2D eigenvalue weighted by Crippen LogP contribution is 2.32. The molecule has 1 aliphatic heterocycles. The summed E-state index contributed by atoms with van der Waals surface area (Å²) in [6.07, 6.45) is 0. The molecule has 1 aromatic carbocycles. The zero-order valence-corrected chi connectivity index (χ0v) is 12.0. The van der Waals surface area contributed by atoms with E-state index < -0.39 is 5.97 Å². The highest BCUT2D eigenvalue weighted by atomic mass is 16.5. The summed E-state index contributed by atoms with van der Waals surface area (Å²) in [6, 6.07) is 6.92. The van der Waals surface area contributed by atoms with Crippen LogP contribution >= 0.6 is 0 Å². The number of esters is 1. The number of ether oxygens (including phenoxy) is 1. The Morgan fingerprint density at radius 1 is 1.27 bits per heavy atom. The molecule has 0 bridgehead atoms. The van der Waals surface area contributed by atoms with Gasteiger partial charge in [0, 0.05) is 18.2 Å². The molecule has 0 saturated heterocycles. The summed E-state index contributed by atoms with van der Waals surface area (Å²) in [6.45, 7) is 3.39. The monoisotopic (exact) mass is 299 g/mol. The summed E-state index contributed by atoms with van der Waals surface area (Å²) < 4.78 is 10.8. The van der Waals surface area contributed by atoms with Crippen LogP contribution in [-0.4, -0.2) is 16.1 Å². The van der Waals surface area contributed by atoms with Gasteiger partial charge in [-0.1, -0.05) is 13.8 Å². The minimum atomic E-state index is -0.459. The fourth-order valence-corrected chi connectivity index (χ4v) is 1.97. The van der Waals surface area contributed by atoms with Crippen LogP contribution in [0.15, 0.2) is 39.5 Å². The van der Waals surface area contributed by atoms with Crippen molar-refractivity contribution >= 4 is 17.1 Å². The fraction of sp³-hybridized carbons (Fsp3) is 0.188. The highest BCUT2D eigenvalue weighted by molar-refractivity contribution is 5.81. The lowest BCUT2D eigenvalue weighted by Gasteiger charge is -2.12. The lowest BCUT2D eigenvalue weighted by Crippen LogP contribution is -2.17. The number of aromatic hydroxyl groups is 1. The van der Waals surface area contributed by atoms with Gasteiger partial charge in [-0.25, -0.2) is 4.98 Å². The zero-order valence-electron chi connectivity index (χ0n) is 12.0. The minimum absolute atomic E-state index is 0.0298. The third-order valence-electron chi connectivity index (χ3n) is 3.09. The summed E-state index contributed by atoms with van der Waals surface area (Å²) in [4.78, 5) is 27.8. The second-order valence-electron chi connectivity index (χ2n) is 5.21. The molecule has 6 heteroatoms. The van der Waals surface area contributed by atoms with Crippen LogP contribution in [0.4, 0.5) is 0 Å². The normalized spacial score (nSPS) is 11.2. The highest BCUT2D eigenvalue weighted by Gasteiger charge is 2.20. The molecule has 2 aliphatic rings. The lowest BCUT2D eigenvalue weighted by atomic mass is 10.2. The van der Waals surface area contributed by atoms with E-state index in [1.165, 1.54) is 24.3 Å². The summed E-state index contributed by atoms with van der Waals surface area (Å²) in [5, 5.41) is 9.47. The van der Waals surface area contributed by atoms with Crippen molar-refractivity contribution in [3.63, 3.8) is 0 Å². The summed E-state index contributed by atoms with van der Waals surface area (Å²) in [5.41, 5.74) is 0.737. The molecule has 1 aliphatic carbocycles. The maximum atomic E-state index is 11.8. The molecule has 0 spiro atoms. The Morgan fingerprint density at radius 2 is 2.05 bits per heavy atom. The summed E-state index contributed by atoms with van der Waals surface area (Å²) in [5.74, 6) is -0.501. The molecular weight excluding hydrogens is 286 g/mol. The molecule has 0 aromatic heterocycles. The second-order valence-corrected chi connectivity index (χ2v) is 5.21. The third kappa shape index (κ3) is 2.50. The number of carbonyl (C=O) groups excluding carboxylic acids is 1. The van der Waals surface area contributed by atoms with E-state index in [1.807, 2.05) is 0 Å². The van der Waals surface area contributed by atoms with Gasteiger partial charge in [0.15, 0.2) is 22.5 Å². The third-order valence-corrected chi connectivity index (χ3v) is 3.09. The number of carbonyl (C=O) groups is 1. The van der Waals surface area contributed by atoms with Gasteiger partial charge in [0.1, 0.15) is 17.0 Å². The summed E-state index contributed by atoms with van der Waals surface area (Å²) >= 11 is 0. The van der Waals surface area contributed by atoms with Gasteiger partial charge in [-0.15, -0.1) is 0 Å². The Bertz CT molecular complexity index is 897. The first kappa shape index (κ1) is 14.1. The van der Waals surface area contributed by atoms with Crippen molar-refractivity contribution in [1.29, 1.82) is 0 Å². The Morgan fingerprint density at radius 3 is 2.77 bits per heavy atom. The van der Waals surface area contributed by atoms with Crippen LogP contribution in [0.3, 0.4) is 0 Å². The molecule has 0 unspecified atom stereocenters. The molecule has 22 heavy (non-hydrogen) atoms. The van der Waals surface area contributed by atoms with Gasteiger partial charge in [-0.05, 0) is 12.1 Å². The molecule has 0 amide bonds. The first-order chi connectivity index (χ1) is 10.4. The first-order valence-corrected chi connectivity index (χ1v) is 6.73. The maximum Gasteiger partial charge on any atom is 0.313 e. The van der Waals surface area contributed by atoms with Crippen LogP contribution in [-0.2, 0) is 4.79 Å². The lowest BCUT2D eigenvalue weighted by molar-refractivity contribution is -0.137. The molecule has 1 aromatic rings. The number of nitrogens with zero attached hydrogens (tertiary/aromatic N) is 1. The number of hydrogen-bond donors (Lipinski definition) is 1. The van der Waals surface area contributed by atoms with Gasteiger partial charge in [0.2, 0.25) is 0 Å². The van der Waals surface area contributed by atoms with Crippen LogP contribution in [0.5, 0.6) is 11.5 Å². The Hall–Kier alpha value is -2.89. The molecule has 0 fully saturated rings. The van der Waals surface area contributed by atoms with Crippen molar-refractivity contribution in [3.05, 3.63) is 40.6 Å². The fourth-order valence-electron chi connectivity index (χ4n) is 1.97. The van der Waals surface area contributed by atoms with Crippen molar-refractivity contribution in [1.82, 2.24) is 4.98 Å². The van der Waals surface area contributed by atoms with Gasteiger partial charge in [-0.2, -0.15) is 0 Å². The minimum Gasteiger partial charge on any atom is -0.508 e. The molecule has 1 N–H and O–H groups in total. The number of rotatable bonds is 2. The molecule has 0 radical (unpaired) electrons. The maximum absolute atomic E-state index is 11.8. The van der Waals surface area contributed by atoms with Crippen LogP contribution in [0.2, 0.25) is 0 Å². The van der Waals surface area contributed by atoms with E-state index in [1.54, 1.807) is 19.9 Å². The van der Waals surface area contributed by atoms with Crippen molar-refractivity contribution in [2.45, 2.75) is 13.8 Å². The Balaban J connectivity index is 2.23. The van der Waals surface area contributed by atoms with Crippen molar-refractivity contribution in [2.75, 3.05) is 0 Å². The van der Waals surface area contributed by atoms with E-state index >= 15 is 0 Å². The topological polar surface area (TPSA) is 89.6 Å². The largest absolute Gasteiger partial charge is 0.508 e. The number of hydrogen-bond acceptors (Lipinski definition) is 6. The Kier molecular flexibility index (Phi) is 3.29. The van der Waals surface area contributed by atoms with E-state index in [2.05, 4.69) is 4.98 Å². The molecule has 1 heterocycles. The van der Waals surface area contributed by atoms with E-state index in [4.69, 9.17) is 9.15 Å². The zero-order chi connectivity index (χ0) is 15.9. The van der Waals surface area contributed by atoms with Gasteiger partial charge in [-0.3, -0.25) is 9.59 Å². The predicted octanol–water partition coefficient (Wildman–Crippen LogP) is 2.56. The van der Waals surface area contributed by atoms with Crippen LogP contribution in [0.1, 0.15) is 13.8 Å². The van der Waals surface area contributed by atoms with Crippen LogP contribution in [0.25, 0.3) is 22.6 Å². The molecule has 3 rings (SSSR count). The molecule has 6 nitrogen and oxygen atoms in total. The van der Waals surface area contributed by atoms with Gasteiger partial charge < -0.3 is 14.3 Å². The average Bonchev–Trinajstić information content (AvgIpc) is 2.45. The summed E-state index contributed by atoms with van der Waals surface area (Å²) in [7, 11) is 0. The number of fused-ring (bicyclic) bond motifs is 2. The van der Waals surface area contributed by atoms with Gasteiger partial charge in [0.25, 0.3) is 0 Å². The van der Waals surface area contributed by atoms with Crippen molar-refractivity contribution in [3.8, 4) is 23.0 Å².